The van der Waals surface area contributed by atoms with Crippen molar-refractivity contribution < 1.29 is 9.13 Å². The Morgan fingerprint density at radius 3 is 3.12 bits per heavy atom. The molecule has 16 heavy (non-hydrogen) atoms. The fraction of sp³-hybridized carbons (Fsp3) is 0.500. The Hall–Kier alpha value is -0.450. The maximum Gasteiger partial charge on any atom is 0.126 e. The Labute approximate surface area is 103 Å². The lowest BCUT2D eigenvalue weighted by atomic mass is 10.1. The molecule has 1 aromatic carbocycles. The maximum atomic E-state index is 13.6. The first-order valence-corrected chi connectivity index (χ1v) is 6.22. The molecule has 0 fully saturated rings. The van der Waals surface area contributed by atoms with Crippen LogP contribution >= 0.6 is 15.9 Å². The summed E-state index contributed by atoms with van der Waals surface area (Å²) in [5, 5.41) is 3.39. The van der Waals surface area contributed by atoms with E-state index < -0.39 is 0 Å². The van der Waals surface area contributed by atoms with E-state index in [9.17, 15) is 4.39 Å². The van der Waals surface area contributed by atoms with E-state index in [1.165, 1.54) is 6.07 Å². The lowest BCUT2D eigenvalue weighted by Gasteiger charge is -2.15. The molecule has 1 unspecified atom stereocenters. The highest BCUT2D eigenvalue weighted by atomic mass is 79.9. The van der Waals surface area contributed by atoms with Gasteiger partial charge in [-0.05, 0) is 36.1 Å². The first kappa shape index (κ1) is 12.0. The molecule has 2 nitrogen and oxygen atoms in total. The summed E-state index contributed by atoms with van der Waals surface area (Å²) in [6.07, 6.45) is 1.77. The Bertz CT molecular complexity index is 384. The summed E-state index contributed by atoms with van der Waals surface area (Å²) >= 11 is 3.49. The number of halogens is 2. The topological polar surface area (TPSA) is 21.3 Å². The van der Waals surface area contributed by atoms with Crippen molar-refractivity contribution in [1.82, 2.24) is 5.32 Å². The third kappa shape index (κ3) is 2.29. The lowest BCUT2D eigenvalue weighted by Crippen LogP contribution is -2.23. The van der Waals surface area contributed by atoms with Crippen molar-refractivity contribution in [3.8, 4) is 0 Å². The Morgan fingerprint density at radius 1 is 1.56 bits per heavy atom. The third-order valence-electron chi connectivity index (χ3n) is 2.98. The molecule has 1 aromatic rings. The van der Waals surface area contributed by atoms with Gasteiger partial charge < -0.3 is 10.1 Å². The van der Waals surface area contributed by atoms with Crippen molar-refractivity contribution in [2.24, 2.45) is 0 Å². The van der Waals surface area contributed by atoms with Crippen LogP contribution in [0.15, 0.2) is 16.6 Å². The predicted molar refractivity (Wildman–Crippen MR) is 65.0 cm³/mol. The lowest BCUT2D eigenvalue weighted by molar-refractivity contribution is 0.195. The van der Waals surface area contributed by atoms with E-state index >= 15 is 0 Å². The summed E-state index contributed by atoms with van der Waals surface area (Å²) in [6.45, 7) is 1.47. The number of ether oxygens (including phenoxy) is 1. The molecule has 1 aliphatic rings. The van der Waals surface area contributed by atoms with Gasteiger partial charge in [0, 0.05) is 24.2 Å². The largest absolute Gasteiger partial charge is 0.383 e. The van der Waals surface area contributed by atoms with Gasteiger partial charge in [0.15, 0.2) is 0 Å². The molecular formula is C12H15BrFNO. The van der Waals surface area contributed by atoms with Crippen molar-refractivity contribution in [2.45, 2.75) is 18.9 Å². The van der Waals surface area contributed by atoms with Crippen LogP contribution in [0, 0.1) is 5.82 Å². The Kier molecular flexibility index (Phi) is 3.95. The molecule has 0 heterocycles. The first-order valence-electron chi connectivity index (χ1n) is 5.43. The van der Waals surface area contributed by atoms with Crippen molar-refractivity contribution in [3.05, 3.63) is 33.5 Å². The predicted octanol–water partition coefficient (Wildman–Crippen LogP) is 2.81. The molecule has 88 valence electrons. The van der Waals surface area contributed by atoms with Crippen LogP contribution in [0.25, 0.3) is 0 Å². The van der Waals surface area contributed by atoms with Gasteiger partial charge in [-0.1, -0.05) is 15.9 Å². The quantitative estimate of drug-likeness (QED) is 0.860. The smallest absolute Gasteiger partial charge is 0.126 e. The molecule has 0 aliphatic heterocycles. The maximum absolute atomic E-state index is 13.6. The van der Waals surface area contributed by atoms with Crippen molar-refractivity contribution in [3.63, 3.8) is 0 Å². The fourth-order valence-corrected chi connectivity index (χ4v) is 2.86. The molecule has 0 saturated carbocycles. The van der Waals surface area contributed by atoms with Crippen LogP contribution in [0.3, 0.4) is 0 Å². The first-order chi connectivity index (χ1) is 7.74. The summed E-state index contributed by atoms with van der Waals surface area (Å²) in [5.74, 6) is -0.0887. The molecule has 1 N–H and O–H groups in total. The number of rotatable bonds is 4. The van der Waals surface area contributed by atoms with Gasteiger partial charge in [-0.2, -0.15) is 0 Å². The second kappa shape index (κ2) is 5.25. The van der Waals surface area contributed by atoms with Gasteiger partial charge in [-0.3, -0.25) is 0 Å². The Morgan fingerprint density at radius 2 is 2.38 bits per heavy atom. The zero-order chi connectivity index (χ0) is 11.5. The molecule has 0 amide bonds. The normalized spacial score (nSPS) is 18.8. The van der Waals surface area contributed by atoms with Gasteiger partial charge in [0.25, 0.3) is 0 Å². The average molecular weight is 288 g/mol. The molecule has 2 rings (SSSR count). The van der Waals surface area contributed by atoms with Crippen LogP contribution in [0.4, 0.5) is 4.39 Å². The van der Waals surface area contributed by atoms with Gasteiger partial charge in [0.1, 0.15) is 5.82 Å². The zero-order valence-corrected chi connectivity index (χ0v) is 10.8. The van der Waals surface area contributed by atoms with Crippen LogP contribution in [-0.4, -0.2) is 20.3 Å². The van der Waals surface area contributed by atoms with E-state index in [-0.39, 0.29) is 11.9 Å². The van der Waals surface area contributed by atoms with Crippen LogP contribution in [0.2, 0.25) is 0 Å². The summed E-state index contributed by atoms with van der Waals surface area (Å²) in [5.41, 5.74) is 1.93. The monoisotopic (exact) mass is 287 g/mol. The SMILES string of the molecule is COCCNC1CCc2c(F)ccc(Br)c21. The minimum Gasteiger partial charge on any atom is -0.383 e. The fourth-order valence-electron chi connectivity index (χ4n) is 2.21. The number of benzene rings is 1. The van der Waals surface area contributed by atoms with E-state index in [1.807, 2.05) is 0 Å². The molecule has 0 saturated heterocycles. The second-order valence-electron chi connectivity index (χ2n) is 3.96. The third-order valence-corrected chi connectivity index (χ3v) is 3.67. The van der Waals surface area contributed by atoms with E-state index in [4.69, 9.17) is 4.74 Å². The van der Waals surface area contributed by atoms with Gasteiger partial charge in [-0.25, -0.2) is 4.39 Å². The minimum atomic E-state index is -0.0887. The number of hydrogen-bond acceptors (Lipinski definition) is 2. The highest BCUT2D eigenvalue weighted by Gasteiger charge is 2.26. The number of nitrogens with one attached hydrogen (secondary N) is 1. The molecule has 4 heteroatoms. The van der Waals surface area contributed by atoms with Gasteiger partial charge in [0.05, 0.1) is 6.61 Å². The Balaban J connectivity index is 2.15. The molecule has 1 aliphatic carbocycles. The van der Waals surface area contributed by atoms with Crippen LogP contribution in [-0.2, 0) is 11.2 Å². The summed E-state index contributed by atoms with van der Waals surface area (Å²) in [4.78, 5) is 0. The van der Waals surface area contributed by atoms with Gasteiger partial charge >= 0.3 is 0 Å². The van der Waals surface area contributed by atoms with Crippen molar-refractivity contribution in [1.29, 1.82) is 0 Å². The standard InChI is InChI=1S/C12H15BrFNO/c1-16-7-6-15-11-5-2-8-10(14)4-3-9(13)12(8)11/h3-4,11,15H,2,5-7H2,1H3. The summed E-state index contributed by atoms with van der Waals surface area (Å²) in [6, 6.07) is 3.56. The number of hydrogen-bond donors (Lipinski definition) is 1. The molecule has 0 aromatic heterocycles. The highest BCUT2D eigenvalue weighted by molar-refractivity contribution is 9.10. The second-order valence-corrected chi connectivity index (χ2v) is 4.81. The summed E-state index contributed by atoms with van der Waals surface area (Å²) < 4.78 is 19.6. The van der Waals surface area contributed by atoms with E-state index in [1.54, 1.807) is 13.2 Å². The highest BCUT2D eigenvalue weighted by Crippen LogP contribution is 2.37. The van der Waals surface area contributed by atoms with Crippen molar-refractivity contribution in [2.75, 3.05) is 20.3 Å². The van der Waals surface area contributed by atoms with Crippen molar-refractivity contribution >= 4 is 15.9 Å². The van der Waals surface area contributed by atoms with E-state index in [0.29, 0.717) is 6.61 Å². The molecule has 0 spiro atoms. The minimum absolute atomic E-state index is 0.0887. The van der Waals surface area contributed by atoms with Gasteiger partial charge in [0.2, 0.25) is 0 Å². The molecule has 0 radical (unpaired) electrons. The number of fused-ring (bicyclic) bond motifs is 1. The van der Waals surface area contributed by atoms with E-state index in [2.05, 4.69) is 21.2 Å². The van der Waals surface area contributed by atoms with Crippen LogP contribution in [0.5, 0.6) is 0 Å². The van der Waals surface area contributed by atoms with Crippen LogP contribution < -0.4 is 5.32 Å². The molecule has 1 atom stereocenters. The van der Waals surface area contributed by atoms with Crippen LogP contribution in [0.1, 0.15) is 23.6 Å². The van der Waals surface area contributed by atoms with E-state index in [0.717, 1.165) is 35.0 Å². The molecule has 0 bridgehead atoms. The zero-order valence-electron chi connectivity index (χ0n) is 9.22. The van der Waals surface area contributed by atoms with Gasteiger partial charge in [-0.15, -0.1) is 0 Å². The average Bonchev–Trinajstić information content (AvgIpc) is 2.69. The summed E-state index contributed by atoms with van der Waals surface area (Å²) in [7, 11) is 1.68. The molecular weight excluding hydrogens is 273 g/mol. The number of methoxy groups -OCH3 is 1.